The van der Waals surface area contributed by atoms with Gasteiger partial charge in [-0.15, -0.1) is 0 Å². The first kappa shape index (κ1) is 11.5. The lowest BCUT2D eigenvalue weighted by Gasteiger charge is -2.28. The van der Waals surface area contributed by atoms with Crippen molar-refractivity contribution in [3.63, 3.8) is 0 Å². The highest BCUT2D eigenvalue weighted by atomic mass is 16.5. The van der Waals surface area contributed by atoms with E-state index in [9.17, 15) is 4.79 Å². The Labute approximate surface area is 75.3 Å². The van der Waals surface area contributed by atoms with Gasteiger partial charge in [-0.1, -0.05) is 27.7 Å². The minimum Gasteiger partial charge on any atom is -0.457 e. The van der Waals surface area contributed by atoms with Gasteiger partial charge in [-0.2, -0.15) is 0 Å². The molecule has 1 radical (unpaired) electrons. The summed E-state index contributed by atoms with van der Waals surface area (Å²) in [7, 11) is 0. The third-order valence-electron chi connectivity index (χ3n) is 2.69. The van der Waals surface area contributed by atoms with Gasteiger partial charge >= 0.3 is 6.47 Å². The molecular formula is C10H19O2. The van der Waals surface area contributed by atoms with Crippen LogP contribution in [0.5, 0.6) is 0 Å². The molecule has 2 heteroatoms. The van der Waals surface area contributed by atoms with E-state index in [-0.39, 0.29) is 0 Å². The molecule has 0 aromatic carbocycles. The average molecular weight is 171 g/mol. The molecule has 0 saturated heterocycles. The largest absolute Gasteiger partial charge is 0.457 e. The van der Waals surface area contributed by atoms with Gasteiger partial charge in [0, 0.05) is 0 Å². The topological polar surface area (TPSA) is 26.3 Å². The molecule has 12 heavy (non-hydrogen) atoms. The molecule has 2 nitrogen and oxygen atoms in total. The molecule has 0 aromatic heterocycles. The van der Waals surface area contributed by atoms with Crippen LogP contribution in [0, 0.1) is 11.3 Å². The zero-order valence-corrected chi connectivity index (χ0v) is 8.52. The second kappa shape index (κ2) is 5.18. The molecule has 0 aliphatic heterocycles. The van der Waals surface area contributed by atoms with Crippen LogP contribution in [0.3, 0.4) is 0 Å². The standard InChI is InChI=1S/C10H19O2/c1-9(2)10(3,4)6-5-7-12-8-11/h9H,5-7H2,1-4H3. The molecule has 0 rings (SSSR count). The predicted octanol–water partition coefficient (Wildman–Crippen LogP) is 2.53. The predicted molar refractivity (Wildman–Crippen MR) is 49.5 cm³/mol. The van der Waals surface area contributed by atoms with E-state index in [2.05, 4.69) is 32.4 Å². The summed E-state index contributed by atoms with van der Waals surface area (Å²) in [6.45, 7) is 10.8. The van der Waals surface area contributed by atoms with Gasteiger partial charge in [0.15, 0.2) is 0 Å². The van der Waals surface area contributed by atoms with Crippen molar-refractivity contribution < 1.29 is 9.53 Å². The molecule has 0 atom stereocenters. The van der Waals surface area contributed by atoms with Crippen LogP contribution in [0.15, 0.2) is 0 Å². The Morgan fingerprint density at radius 2 is 2.00 bits per heavy atom. The van der Waals surface area contributed by atoms with E-state index in [1.54, 1.807) is 0 Å². The van der Waals surface area contributed by atoms with E-state index in [1.165, 1.54) is 6.47 Å². The van der Waals surface area contributed by atoms with Gasteiger partial charge in [0.1, 0.15) is 0 Å². The van der Waals surface area contributed by atoms with E-state index in [1.807, 2.05) is 0 Å². The molecule has 0 unspecified atom stereocenters. The van der Waals surface area contributed by atoms with Crippen LogP contribution >= 0.6 is 0 Å². The van der Waals surface area contributed by atoms with Crippen LogP contribution in [-0.4, -0.2) is 13.1 Å². The fourth-order valence-electron chi connectivity index (χ4n) is 0.930. The Kier molecular flexibility index (Phi) is 4.95. The highest BCUT2D eigenvalue weighted by Gasteiger charge is 2.21. The molecule has 0 amide bonds. The summed E-state index contributed by atoms with van der Waals surface area (Å²) in [5.74, 6) is 0.665. The van der Waals surface area contributed by atoms with Crippen LogP contribution in [0.1, 0.15) is 40.5 Å². The Bertz CT molecular complexity index is 128. The van der Waals surface area contributed by atoms with Gasteiger partial charge in [0.05, 0.1) is 6.61 Å². The zero-order chi connectivity index (χ0) is 9.61. The lowest BCUT2D eigenvalue weighted by atomic mass is 9.77. The van der Waals surface area contributed by atoms with Gasteiger partial charge in [-0.05, 0) is 24.2 Å². The van der Waals surface area contributed by atoms with Crippen molar-refractivity contribution in [3.8, 4) is 0 Å². The second-order valence-corrected chi connectivity index (χ2v) is 4.18. The van der Waals surface area contributed by atoms with Crippen LogP contribution in [0.2, 0.25) is 0 Å². The first-order valence-corrected chi connectivity index (χ1v) is 4.49. The Hall–Kier alpha value is -0.530. The van der Waals surface area contributed by atoms with Crippen molar-refractivity contribution in [2.45, 2.75) is 40.5 Å². The average Bonchev–Trinajstić information content (AvgIpc) is 1.98. The minimum atomic E-state index is 0.340. The maximum absolute atomic E-state index is 9.72. The first-order valence-electron chi connectivity index (χ1n) is 4.49. The fourth-order valence-corrected chi connectivity index (χ4v) is 0.930. The van der Waals surface area contributed by atoms with Crippen molar-refractivity contribution in [2.24, 2.45) is 11.3 Å². The Balaban J connectivity index is 3.54. The maximum atomic E-state index is 9.72. The van der Waals surface area contributed by atoms with E-state index < -0.39 is 0 Å². The lowest BCUT2D eigenvalue weighted by molar-refractivity contribution is 0.192. The molecule has 0 aliphatic carbocycles. The number of hydrogen-bond acceptors (Lipinski definition) is 2. The Morgan fingerprint density at radius 1 is 1.42 bits per heavy atom. The molecule has 71 valence electrons. The summed E-state index contributed by atoms with van der Waals surface area (Å²) in [5, 5.41) is 0. The fraction of sp³-hybridized carbons (Fsp3) is 0.900. The summed E-state index contributed by atoms with van der Waals surface area (Å²) in [6.07, 6.45) is 2.02. The second-order valence-electron chi connectivity index (χ2n) is 4.18. The SMILES string of the molecule is CC(C)C(C)(C)CCCO[C]=O. The summed E-state index contributed by atoms with van der Waals surface area (Å²) in [5.41, 5.74) is 0.340. The van der Waals surface area contributed by atoms with Crippen molar-refractivity contribution in [1.82, 2.24) is 0 Å². The Morgan fingerprint density at radius 3 is 2.42 bits per heavy atom. The van der Waals surface area contributed by atoms with E-state index in [4.69, 9.17) is 0 Å². The highest BCUT2D eigenvalue weighted by Crippen LogP contribution is 2.31. The van der Waals surface area contributed by atoms with E-state index in [0.29, 0.717) is 17.9 Å². The summed E-state index contributed by atoms with van der Waals surface area (Å²) < 4.78 is 4.50. The molecule has 0 bridgehead atoms. The monoisotopic (exact) mass is 171 g/mol. The number of carbonyl (C=O) groups excluding carboxylic acids is 1. The van der Waals surface area contributed by atoms with Crippen molar-refractivity contribution in [2.75, 3.05) is 6.61 Å². The highest BCUT2D eigenvalue weighted by molar-refractivity contribution is 5.37. The molecule has 0 saturated carbocycles. The summed E-state index contributed by atoms with van der Waals surface area (Å²) in [6, 6.07) is 0. The smallest absolute Gasteiger partial charge is 0.417 e. The molecule has 0 spiro atoms. The zero-order valence-electron chi connectivity index (χ0n) is 8.52. The number of ether oxygens (including phenoxy) is 1. The van der Waals surface area contributed by atoms with Gasteiger partial charge in [0.25, 0.3) is 0 Å². The van der Waals surface area contributed by atoms with Crippen LogP contribution in [0.25, 0.3) is 0 Å². The number of rotatable bonds is 6. The van der Waals surface area contributed by atoms with Crippen LogP contribution in [-0.2, 0) is 9.53 Å². The van der Waals surface area contributed by atoms with E-state index >= 15 is 0 Å². The summed E-state index contributed by atoms with van der Waals surface area (Å²) in [4.78, 5) is 9.72. The molecule has 0 heterocycles. The third-order valence-corrected chi connectivity index (χ3v) is 2.69. The van der Waals surface area contributed by atoms with Crippen LogP contribution in [0.4, 0.5) is 0 Å². The third kappa shape index (κ3) is 4.37. The molecule has 0 aromatic rings. The van der Waals surface area contributed by atoms with Gasteiger partial charge < -0.3 is 4.74 Å². The molecular weight excluding hydrogens is 152 g/mol. The summed E-state index contributed by atoms with van der Waals surface area (Å²) >= 11 is 0. The molecule has 0 fully saturated rings. The van der Waals surface area contributed by atoms with Crippen molar-refractivity contribution in [3.05, 3.63) is 0 Å². The molecule has 0 N–H and O–H groups in total. The van der Waals surface area contributed by atoms with Crippen molar-refractivity contribution in [1.29, 1.82) is 0 Å². The first-order chi connectivity index (χ1) is 5.50. The normalized spacial score (nSPS) is 11.8. The van der Waals surface area contributed by atoms with E-state index in [0.717, 1.165) is 12.8 Å². The van der Waals surface area contributed by atoms with Crippen LogP contribution < -0.4 is 0 Å². The van der Waals surface area contributed by atoms with Gasteiger partial charge in [-0.3, -0.25) is 0 Å². The van der Waals surface area contributed by atoms with Gasteiger partial charge in [0.2, 0.25) is 0 Å². The quantitative estimate of drug-likeness (QED) is 0.574. The maximum Gasteiger partial charge on any atom is 0.417 e. The molecule has 0 aliphatic rings. The number of hydrogen-bond donors (Lipinski definition) is 0. The minimum absolute atomic E-state index is 0.340. The lowest BCUT2D eigenvalue weighted by Crippen LogP contribution is -2.19. The van der Waals surface area contributed by atoms with Gasteiger partial charge in [-0.25, -0.2) is 4.79 Å². The van der Waals surface area contributed by atoms with Crippen molar-refractivity contribution >= 4 is 6.47 Å².